The Hall–Kier alpha value is -2.92. The van der Waals surface area contributed by atoms with E-state index in [1.807, 2.05) is 24.3 Å². The Morgan fingerprint density at radius 3 is 2.57 bits per heavy atom. The van der Waals surface area contributed by atoms with Gasteiger partial charge in [-0.3, -0.25) is 9.69 Å². The molecule has 1 atom stereocenters. The van der Waals surface area contributed by atoms with E-state index in [9.17, 15) is 4.79 Å². The summed E-state index contributed by atoms with van der Waals surface area (Å²) in [4.78, 5) is 26.0. The third-order valence-corrected chi connectivity index (χ3v) is 6.17. The summed E-state index contributed by atoms with van der Waals surface area (Å²) in [6.45, 7) is 4.14. The maximum atomic E-state index is 12.4. The molecule has 5 rings (SSSR count). The van der Waals surface area contributed by atoms with Crippen LogP contribution >= 0.6 is 0 Å². The van der Waals surface area contributed by atoms with Crippen LogP contribution in [0.15, 0.2) is 59.5 Å². The van der Waals surface area contributed by atoms with Crippen LogP contribution in [0.1, 0.15) is 43.1 Å². The first-order valence-corrected chi connectivity index (χ1v) is 10.00. The molecule has 5 heteroatoms. The minimum atomic E-state index is -0.0545. The van der Waals surface area contributed by atoms with Gasteiger partial charge in [0.15, 0.2) is 0 Å². The molecule has 1 fully saturated rings. The average molecular weight is 372 g/mol. The number of fused-ring (bicyclic) bond motifs is 2. The Labute approximate surface area is 163 Å². The summed E-state index contributed by atoms with van der Waals surface area (Å²) in [5.74, 6) is 1.33. The molecular weight excluding hydrogens is 348 g/mol. The molecule has 3 heterocycles. The van der Waals surface area contributed by atoms with Crippen LogP contribution in [0.3, 0.4) is 0 Å². The first-order chi connectivity index (χ1) is 13.7. The van der Waals surface area contributed by atoms with Crippen LogP contribution in [0.5, 0.6) is 0 Å². The summed E-state index contributed by atoms with van der Waals surface area (Å²) >= 11 is 0. The van der Waals surface area contributed by atoms with Gasteiger partial charge in [0.2, 0.25) is 0 Å². The molecule has 0 spiro atoms. The van der Waals surface area contributed by atoms with Crippen molar-refractivity contribution in [1.29, 1.82) is 0 Å². The zero-order chi connectivity index (χ0) is 19.1. The Morgan fingerprint density at radius 1 is 1.04 bits per heavy atom. The summed E-state index contributed by atoms with van der Waals surface area (Å²) in [7, 11) is 0. The van der Waals surface area contributed by atoms with Gasteiger partial charge < -0.3 is 9.97 Å². The molecule has 0 radical (unpaired) electrons. The SMILES string of the molecule is CC(c1nc2ccccc2c(=O)[nH]1)N1CCC(c2c[nH]c3ccccc23)CC1. The summed E-state index contributed by atoms with van der Waals surface area (Å²) in [5.41, 5.74) is 3.36. The molecule has 142 valence electrons. The second-order valence-electron chi connectivity index (χ2n) is 7.74. The zero-order valence-corrected chi connectivity index (χ0v) is 16.0. The second kappa shape index (κ2) is 6.91. The molecule has 0 amide bonds. The third kappa shape index (κ3) is 2.92. The van der Waals surface area contributed by atoms with Gasteiger partial charge in [0.25, 0.3) is 5.56 Å². The summed E-state index contributed by atoms with van der Waals surface area (Å²) in [5, 5.41) is 1.99. The summed E-state index contributed by atoms with van der Waals surface area (Å²) < 4.78 is 0. The van der Waals surface area contributed by atoms with Gasteiger partial charge in [-0.15, -0.1) is 0 Å². The first kappa shape index (κ1) is 17.2. The lowest BCUT2D eigenvalue weighted by Gasteiger charge is -2.35. The lowest BCUT2D eigenvalue weighted by atomic mass is 9.88. The number of aromatic amines is 2. The van der Waals surface area contributed by atoms with Gasteiger partial charge in [-0.1, -0.05) is 30.3 Å². The largest absolute Gasteiger partial charge is 0.361 e. The van der Waals surface area contributed by atoms with Gasteiger partial charge >= 0.3 is 0 Å². The maximum absolute atomic E-state index is 12.4. The van der Waals surface area contributed by atoms with Crippen molar-refractivity contribution < 1.29 is 0 Å². The van der Waals surface area contributed by atoms with Crippen LogP contribution in [0.25, 0.3) is 21.8 Å². The van der Waals surface area contributed by atoms with E-state index in [0.29, 0.717) is 11.3 Å². The Balaban J connectivity index is 1.35. The molecule has 1 saturated heterocycles. The molecule has 1 unspecified atom stereocenters. The highest BCUT2D eigenvalue weighted by molar-refractivity contribution is 5.83. The van der Waals surface area contributed by atoms with E-state index in [0.717, 1.165) is 37.3 Å². The van der Waals surface area contributed by atoms with Crippen molar-refractivity contribution in [1.82, 2.24) is 19.9 Å². The van der Waals surface area contributed by atoms with Gasteiger partial charge in [0.05, 0.1) is 16.9 Å². The van der Waals surface area contributed by atoms with E-state index in [1.165, 1.54) is 16.5 Å². The normalized spacial score (nSPS) is 17.3. The zero-order valence-electron chi connectivity index (χ0n) is 16.0. The van der Waals surface area contributed by atoms with Crippen LogP contribution < -0.4 is 5.56 Å². The van der Waals surface area contributed by atoms with Crippen LogP contribution in [-0.4, -0.2) is 32.9 Å². The smallest absolute Gasteiger partial charge is 0.258 e. The van der Waals surface area contributed by atoms with E-state index in [4.69, 9.17) is 4.98 Å². The third-order valence-electron chi connectivity index (χ3n) is 6.17. The van der Waals surface area contributed by atoms with Crippen molar-refractivity contribution in [2.24, 2.45) is 0 Å². The fourth-order valence-corrected chi connectivity index (χ4v) is 4.50. The van der Waals surface area contributed by atoms with Crippen LogP contribution in [0.4, 0.5) is 0 Å². The van der Waals surface area contributed by atoms with Crippen molar-refractivity contribution in [2.75, 3.05) is 13.1 Å². The van der Waals surface area contributed by atoms with E-state index in [1.54, 1.807) is 0 Å². The predicted molar refractivity (Wildman–Crippen MR) is 113 cm³/mol. The van der Waals surface area contributed by atoms with Crippen molar-refractivity contribution in [3.05, 3.63) is 76.5 Å². The molecule has 5 nitrogen and oxygen atoms in total. The number of H-pyrrole nitrogens is 2. The van der Waals surface area contributed by atoms with Gasteiger partial charge in [-0.25, -0.2) is 4.98 Å². The van der Waals surface area contributed by atoms with Crippen molar-refractivity contribution in [3.8, 4) is 0 Å². The van der Waals surface area contributed by atoms with Gasteiger partial charge in [-0.2, -0.15) is 0 Å². The number of hydrogen-bond acceptors (Lipinski definition) is 3. The average Bonchev–Trinajstić information content (AvgIpc) is 3.17. The van der Waals surface area contributed by atoms with Crippen LogP contribution in [0.2, 0.25) is 0 Å². The number of para-hydroxylation sites is 2. The molecule has 4 aromatic rings. The maximum Gasteiger partial charge on any atom is 0.258 e. The number of hydrogen-bond donors (Lipinski definition) is 2. The van der Waals surface area contributed by atoms with Gasteiger partial charge in [0, 0.05) is 17.1 Å². The summed E-state index contributed by atoms with van der Waals surface area (Å²) in [6.07, 6.45) is 4.41. The molecule has 2 aromatic carbocycles. The quantitative estimate of drug-likeness (QED) is 0.562. The molecular formula is C23H24N4O. The Bertz CT molecular complexity index is 1180. The molecule has 0 saturated carbocycles. The fraction of sp³-hybridized carbons (Fsp3) is 0.304. The van der Waals surface area contributed by atoms with Crippen LogP contribution in [-0.2, 0) is 0 Å². The van der Waals surface area contributed by atoms with E-state index >= 15 is 0 Å². The van der Waals surface area contributed by atoms with Crippen molar-refractivity contribution in [3.63, 3.8) is 0 Å². The van der Waals surface area contributed by atoms with Gasteiger partial charge in [0.1, 0.15) is 5.82 Å². The van der Waals surface area contributed by atoms with E-state index < -0.39 is 0 Å². The molecule has 1 aliphatic heterocycles. The first-order valence-electron chi connectivity index (χ1n) is 10.00. The Morgan fingerprint density at radius 2 is 1.75 bits per heavy atom. The fourth-order valence-electron chi connectivity index (χ4n) is 4.50. The number of piperidine rings is 1. The predicted octanol–water partition coefficient (Wildman–Crippen LogP) is 4.35. The number of aromatic nitrogens is 3. The number of benzene rings is 2. The molecule has 0 bridgehead atoms. The van der Waals surface area contributed by atoms with Crippen LogP contribution in [0, 0.1) is 0 Å². The number of likely N-dealkylation sites (tertiary alicyclic amines) is 1. The highest BCUT2D eigenvalue weighted by Crippen LogP contribution is 2.35. The molecule has 2 N–H and O–H groups in total. The van der Waals surface area contributed by atoms with Crippen molar-refractivity contribution in [2.45, 2.75) is 31.7 Å². The topological polar surface area (TPSA) is 64.8 Å². The second-order valence-corrected chi connectivity index (χ2v) is 7.74. The van der Waals surface area contributed by atoms with E-state index in [2.05, 4.69) is 52.3 Å². The molecule has 0 aliphatic carbocycles. The lowest BCUT2D eigenvalue weighted by molar-refractivity contribution is 0.157. The minimum absolute atomic E-state index is 0.0545. The highest BCUT2D eigenvalue weighted by atomic mass is 16.1. The van der Waals surface area contributed by atoms with Crippen molar-refractivity contribution >= 4 is 21.8 Å². The van der Waals surface area contributed by atoms with E-state index in [-0.39, 0.29) is 11.6 Å². The summed E-state index contributed by atoms with van der Waals surface area (Å²) in [6, 6.07) is 16.2. The number of nitrogens with zero attached hydrogens (tertiary/aromatic N) is 2. The monoisotopic (exact) mass is 372 g/mol. The Kier molecular flexibility index (Phi) is 4.24. The standard InChI is InChI=1S/C23H24N4O/c1-15(22-25-21-9-5-3-7-18(21)23(28)26-22)27-12-10-16(11-13-27)19-14-24-20-8-4-2-6-17(19)20/h2-9,14-16,24H,10-13H2,1H3,(H,25,26,28). The molecule has 2 aromatic heterocycles. The van der Waals surface area contributed by atoms with Gasteiger partial charge in [-0.05, 0) is 62.5 Å². The number of nitrogens with one attached hydrogen (secondary N) is 2. The molecule has 28 heavy (non-hydrogen) atoms. The number of rotatable bonds is 3. The molecule has 1 aliphatic rings. The highest BCUT2D eigenvalue weighted by Gasteiger charge is 2.27. The minimum Gasteiger partial charge on any atom is -0.361 e. The lowest BCUT2D eigenvalue weighted by Crippen LogP contribution is -2.36.